The highest BCUT2D eigenvalue weighted by Crippen LogP contribution is 2.00. The van der Waals surface area contributed by atoms with Gasteiger partial charge in [-0.1, -0.05) is 6.92 Å². The van der Waals surface area contributed by atoms with E-state index in [0.717, 1.165) is 17.8 Å². The van der Waals surface area contributed by atoms with Crippen LogP contribution in [0.4, 0.5) is 0 Å². The lowest BCUT2D eigenvalue weighted by Crippen LogP contribution is -1.95. The van der Waals surface area contributed by atoms with Crippen molar-refractivity contribution in [1.82, 2.24) is 14.6 Å². The van der Waals surface area contributed by atoms with Crippen LogP contribution in [0.5, 0.6) is 0 Å². The lowest BCUT2D eigenvalue weighted by atomic mass is 10.4. The molecular weight excluding hydrogens is 138 g/mol. The first kappa shape index (κ1) is 6.34. The van der Waals surface area contributed by atoms with E-state index in [1.807, 2.05) is 28.9 Å². The van der Waals surface area contributed by atoms with Gasteiger partial charge in [-0.2, -0.15) is 5.10 Å². The van der Waals surface area contributed by atoms with Crippen LogP contribution in [0.25, 0.3) is 5.65 Å². The van der Waals surface area contributed by atoms with Gasteiger partial charge in [0.25, 0.3) is 0 Å². The predicted octanol–water partition coefficient (Wildman–Crippen LogP) is 1.29. The molecule has 11 heavy (non-hydrogen) atoms. The van der Waals surface area contributed by atoms with Crippen LogP contribution in [-0.2, 0) is 6.42 Å². The Morgan fingerprint density at radius 1 is 1.45 bits per heavy atom. The zero-order chi connectivity index (χ0) is 7.68. The van der Waals surface area contributed by atoms with Gasteiger partial charge in [-0.25, -0.2) is 0 Å². The number of aryl methyl sites for hydroxylation is 1. The Kier molecular flexibility index (Phi) is 1.35. The molecule has 0 aromatic carbocycles. The van der Waals surface area contributed by atoms with Crippen molar-refractivity contribution in [3.05, 3.63) is 30.2 Å². The molecule has 0 atom stereocenters. The molecule has 0 unspecified atom stereocenters. The molecule has 56 valence electrons. The minimum absolute atomic E-state index is 0.905. The van der Waals surface area contributed by atoms with Crippen LogP contribution < -0.4 is 0 Å². The number of hydrogen-bond acceptors (Lipinski definition) is 2. The van der Waals surface area contributed by atoms with E-state index >= 15 is 0 Å². The summed E-state index contributed by atoms with van der Waals surface area (Å²) in [6, 6.07) is 3.90. The fraction of sp³-hybridized carbons (Fsp3) is 0.250. The minimum atomic E-state index is 0.905. The van der Waals surface area contributed by atoms with Gasteiger partial charge in [0.15, 0.2) is 5.65 Å². The maximum Gasteiger partial charge on any atom is 0.159 e. The van der Waals surface area contributed by atoms with E-state index in [0.29, 0.717) is 0 Å². The molecule has 0 saturated heterocycles. The number of rotatable bonds is 1. The normalized spacial score (nSPS) is 10.6. The van der Waals surface area contributed by atoms with E-state index in [1.54, 1.807) is 0 Å². The Balaban J connectivity index is 2.67. The third-order valence-electron chi connectivity index (χ3n) is 1.69. The van der Waals surface area contributed by atoms with Crippen LogP contribution in [0.2, 0.25) is 0 Å². The molecule has 2 rings (SSSR count). The monoisotopic (exact) mass is 147 g/mol. The smallest absolute Gasteiger partial charge is 0.159 e. The van der Waals surface area contributed by atoms with Crippen LogP contribution in [0.15, 0.2) is 24.5 Å². The van der Waals surface area contributed by atoms with Gasteiger partial charge in [0.2, 0.25) is 0 Å². The molecule has 3 heteroatoms. The maximum atomic E-state index is 4.03. The molecule has 0 fully saturated rings. The number of fused-ring (bicyclic) bond motifs is 1. The summed E-state index contributed by atoms with van der Waals surface area (Å²) in [5.74, 6) is 0. The van der Waals surface area contributed by atoms with Gasteiger partial charge in [-0.15, -0.1) is 5.10 Å². The van der Waals surface area contributed by atoms with Crippen molar-refractivity contribution in [3.8, 4) is 0 Å². The van der Waals surface area contributed by atoms with E-state index in [-0.39, 0.29) is 0 Å². The molecule has 2 heterocycles. The van der Waals surface area contributed by atoms with Crippen LogP contribution >= 0.6 is 0 Å². The zero-order valence-electron chi connectivity index (χ0n) is 6.36. The fourth-order valence-electron chi connectivity index (χ4n) is 1.04. The standard InChI is InChI=1S/C8H9N3/c1-2-7-6-11-5-3-4-8(11)10-9-7/h3-6H,2H2,1H3. The van der Waals surface area contributed by atoms with Crippen molar-refractivity contribution < 1.29 is 0 Å². The van der Waals surface area contributed by atoms with E-state index < -0.39 is 0 Å². The van der Waals surface area contributed by atoms with Gasteiger partial charge in [0.05, 0.1) is 5.69 Å². The van der Waals surface area contributed by atoms with Crippen molar-refractivity contribution in [1.29, 1.82) is 0 Å². The molecule has 2 aromatic heterocycles. The molecule has 0 N–H and O–H groups in total. The Labute approximate surface area is 64.7 Å². The van der Waals surface area contributed by atoms with Gasteiger partial charge in [0.1, 0.15) is 0 Å². The Morgan fingerprint density at radius 3 is 3.18 bits per heavy atom. The van der Waals surface area contributed by atoms with E-state index in [9.17, 15) is 0 Å². The van der Waals surface area contributed by atoms with Gasteiger partial charge in [-0.05, 0) is 18.6 Å². The number of nitrogens with zero attached hydrogens (tertiary/aromatic N) is 3. The molecule has 3 nitrogen and oxygen atoms in total. The zero-order valence-corrected chi connectivity index (χ0v) is 6.36. The van der Waals surface area contributed by atoms with E-state index in [4.69, 9.17) is 0 Å². The third kappa shape index (κ3) is 0.981. The van der Waals surface area contributed by atoms with Crippen molar-refractivity contribution in [2.75, 3.05) is 0 Å². The van der Waals surface area contributed by atoms with Gasteiger partial charge in [-0.3, -0.25) is 0 Å². The lowest BCUT2D eigenvalue weighted by molar-refractivity contribution is 0.886. The summed E-state index contributed by atoms with van der Waals surface area (Å²) in [6.45, 7) is 2.07. The second-order valence-corrected chi connectivity index (χ2v) is 2.45. The molecule has 2 aromatic rings. The average Bonchev–Trinajstić information content (AvgIpc) is 2.50. The van der Waals surface area contributed by atoms with Gasteiger partial charge >= 0.3 is 0 Å². The predicted molar refractivity (Wildman–Crippen MR) is 42.4 cm³/mol. The first-order valence-corrected chi connectivity index (χ1v) is 3.69. The summed E-state index contributed by atoms with van der Waals surface area (Å²) in [4.78, 5) is 0. The number of hydrogen-bond donors (Lipinski definition) is 0. The Bertz CT molecular complexity index is 364. The molecule has 0 bridgehead atoms. The quantitative estimate of drug-likeness (QED) is 0.608. The van der Waals surface area contributed by atoms with Crippen LogP contribution in [-0.4, -0.2) is 14.6 Å². The first-order chi connectivity index (χ1) is 5.40. The van der Waals surface area contributed by atoms with Gasteiger partial charge in [0, 0.05) is 12.4 Å². The van der Waals surface area contributed by atoms with Crippen LogP contribution in [0.1, 0.15) is 12.6 Å². The highest BCUT2D eigenvalue weighted by molar-refractivity contribution is 5.36. The lowest BCUT2D eigenvalue weighted by Gasteiger charge is -1.95. The minimum Gasteiger partial charge on any atom is -0.305 e. The van der Waals surface area contributed by atoms with Crippen molar-refractivity contribution in [3.63, 3.8) is 0 Å². The second kappa shape index (κ2) is 2.34. The van der Waals surface area contributed by atoms with Crippen molar-refractivity contribution in [2.24, 2.45) is 0 Å². The van der Waals surface area contributed by atoms with Crippen LogP contribution in [0, 0.1) is 0 Å². The summed E-state index contributed by atoms with van der Waals surface area (Å²) in [5.41, 5.74) is 1.93. The molecule has 0 saturated carbocycles. The fourth-order valence-corrected chi connectivity index (χ4v) is 1.04. The molecular formula is C8H9N3. The highest BCUT2D eigenvalue weighted by Gasteiger charge is 1.94. The van der Waals surface area contributed by atoms with Crippen LogP contribution in [0.3, 0.4) is 0 Å². The van der Waals surface area contributed by atoms with Crippen molar-refractivity contribution in [2.45, 2.75) is 13.3 Å². The van der Waals surface area contributed by atoms with E-state index in [2.05, 4.69) is 17.1 Å². The summed E-state index contributed by atoms with van der Waals surface area (Å²) >= 11 is 0. The maximum absolute atomic E-state index is 4.03. The summed E-state index contributed by atoms with van der Waals surface area (Å²) in [6.07, 6.45) is 4.91. The molecule has 0 amide bonds. The summed E-state index contributed by atoms with van der Waals surface area (Å²) < 4.78 is 1.98. The third-order valence-corrected chi connectivity index (χ3v) is 1.69. The number of aromatic nitrogens is 3. The second-order valence-electron chi connectivity index (χ2n) is 2.45. The molecule has 0 spiro atoms. The largest absolute Gasteiger partial charge is 0.305 e. The van der Waals surface area contributed by atoms with Crippen molar-refractivity contribution >= 4 is 5.65 Å². The topological polar surface area (TPSA) is 30.2 Å². The molecule has 0 aliphatic heterocycles. The Hall–Kier alpha value is -1.38. The summed E-state index contributed by atoms with van der Waals surface area (Å²) in [5, 5.41) is 8.05. The molecule has 0 aliphatic rings. The molecule has 0 radical (unpaired) electrons. The SMILES string of the molecule is CCc1cn2cccc2nn1. The highest BCUT2D eigenvalue weighted by atomic mass is 15.2. The molecule has 0 aliphatic carbocycles. The summed E-state index contributed by atoms with van der Waals surface area (Å²) in [7, 11) is 0. The van der Waals surface area contributed by atoms with E-state index in [1.165, 1.54) is 0 Å². The Morgan fingerprint density at radius 2 is 2.36 bits per heavy atom. The average molecular weight is 147 g/mol. The first-order valence-electron chi connectivity index (χ1n) is 3.69. The van der Waals surface area contributed by atoms with Gasteiger partial charge < -0.3 is 4.40 Å².